The Morgan fingerprint density at radius 2 is 1.95 bits per heavy atom. The van der Waals surface area contributed by atoms with Gasteiger partial charge in [-0.3, -0.25) is 0 Å². The van der Waals surface area contributed by atoms with Crippen molar-refractivity contribution in [1.29, 1.82) is 0 Å². The summed E-state index contributed by atoms with van der Waals surface area (Å²) in [7, 11) is 0. The standard InChI is InChI=1S/C16H16F2O2/c1-11-3-2-4-13(9-11)20-8-7-16(19)14-6-5-12(17)10-15(14)18/h2-6,9-10,16,19H,7-8H2,1H3. The number of benzene rings is 2. The number of ether oxygens (including phenoxy) is 1. The Hall–Kier alpha value is -1.94. The molecule has 0 radical (unpaired) electrons. The summed E-state index contributed by atoms with van der Waals surface area (Å²) < 4.78 is 31.7. The van der Waals surface area contributed by atoms with E-state index in [1.54, 1.807) is 0 Å². The van der Waals surface area contributed by atoms with Gasteiger partial charge in [0.2, 0.25) is 0 Å². The van der Waals surface area contributed by atoms with Gasteiger partial charge in [-0.2, -0.15) is 0 Å². The molecule has 0 heterocycles. The smallest absolute Gasteiger partial charge is 0.131 e. The van der Waals surface area contributed by atoms with Crippen LogP contribution in [0.1, 0.15) is 23.7 Å². The molecule has 1 unspecified atom stereocenters. The first-order valence-corrected chi connectivity index (χ1v) is 6.39. The average Bonchev–Trinajstić information content (AvgIpc) is 2.38. The van der Waals surface area contributed by atoms with Gasteiger partial charge in [-0.1, -0.05) is 18.2 Å². The van der Waals surface area contributed by atoms with Gasteiger partial charge in [0.25, 0.3) is 0 Å². The first-order chi connectivity index (χ1) is 9.56. The number of hydrogen-bond acceptors (Lipinski definition) is 2. The Bertz CT molecular complexity index is 584. The van der Waals surface area contributed by atoms with Crippen molar-refractivity contribution < 1.29 is 18.6 Å². The predicted octanol–water partition coefficient (Wildman–Crippen LogP) is 3.78. The molecule has 0 bridgehead atoms. The summed E-state index contributed by atoms with van der Waals surface area (Å²) >= 11 is 0. The van der Waals surface area contributed by atoms with Gasteiger partial charge in [0.05, 0.1) is 12.7 Å². The van der Waals surface area contributed by atoms with Gasteiger partial charge in [0, 0.05) is 18.1 Å². The zero-order chi connectivity index (χ0) is 14.5. The molecular formula is C16H16F2O2. The van der Waals surface area contributed by atoms with Crippen molar-refractivity contribution in [2.75, 3.05) is 6.61 Å². The minimum Gasteiger partial charge on any atom is -0.493 e. The summed E-state index contributed by atoms with van der Waals surface area (Å²) in [5.41, 5.74) is 1.16. The van der Waals surface area contributed by atoms with Gasteiger partial charge in [0.15, 0.2) is 0 Å². The molecule has 0 saturated carbocycles. The molecule has 0 aliphatic carbocycles. The lowest BCUT2D eigenvalue weighted by Crippen LogP contribution is -2.07. The van der Waals surface area contributed by atoms with Crippen molar-refractivity contribution in [3.8, 4) is 5.75 Å². The molecule has 4 heteroatoms. The second-order valence-corrected chi connectivity index (χ2v) is 4.64. The van der Waals surface area contributed by atoms with Crippen LogP contribution in [0.4, 0.5) is 8.78 Å². The van der Waals surface area contributed by atoms with Crippen molar-refractivity contribution in [2.45, 2.75) is 19.4 Å². The Kier molecular flexibility index (Phi) is 4.69. The highest BCUT2D eigenvalue weighted by atomic mass is 19.1. The van der Waals surface area contributed by atoms with Crippen LogP contribution in [-0.4, -0.2) is 11.7 Å². The summed E-state index contributed by atoms with van der Waals surface area (Å²) in [5, 5.41) is 9.88. The summed E-state index contributed by atoms with van der Waals surface area (Å²) in [6.45, 7) is 2.21. The molecule has 0 aliphatic rings. The highest BCUT2D eigenvalue weighted by molar-refractivity contribution is 5.27. The maximum Gasteiger partial charge on any atom is 0.131 e. The molecule has 2 aromatic rings. The molecule has 0 spiro atoms. The van der Waals surface area contributed by atoms with Crippen LogP contribution in [0, 0.1) is 18.6 Å². The van der Waals surface area contributed by atoms with E-state index < -0.39 is 17.7 Å². The Balaban J connectivity index is 1.90. The normalized spacial score (nSPS) is 12.2. The number of aliphatic hydroxyl groups is 1. The average molecular weight is 278 g/mol. The Morgan fingerprint density at radius 3 is 2.65 bits per heavy atom. The molecule has 2 rings (SSSR count). The Labute approximate surface area is 116 Å². The molecule has 106 valence electrons. The molecule has 1 atom stereocenters. The summed E-state index contributed by atoms with van der Waals surface area (Å²) in [4.78, 5) is 0. The molecule has 1 N–H and O–H groups in total. The first kappa shape index (κ1) is 14.5. The van der Waals surface area contributed by atoms with Gasteiger partial charge in [-0.05, 0) is 30.7 Å². The zero-order valence-electron chi connectivity index (χ0n) is 11.1. The van der Waals surface area contributed by atoms with E-state index in [1.807, 2.05) is 31.2 Å². The number of halogens is 2. The molecule has 2 aromatic carbocycles. The second kappa shape index (κ2) is 6.48. The van der Waals surface area contributed by atoms with E-state index in [1.165, 1.54) is 6.07 Å². The van der Waals surface area contributed by atoms with E-state index in [0.717, 1.165) is 17.7 Å². The minimum absolute atomic E-state index is 0.0826. The number of aliphatic hydroxyl groups excluding tert-OH is 1. The third-order valence-corrected chi connectivity index (χ3v) is 2.97. The third kappa shape index (κ3) is 3.78. The first-order valence-electron chi connectivity index (χ1n) is 6.39. The van der Waals surface area contributed by atoms with Crippen molar-refractivity contribution in [3.63, 3.8) is 0 Å². The molecule has 0 fully saturated rings. The van der Waals surface area contributed by atoms with Crippen LogP contribution in [0.5, 0.6) is 5.75 Å². The van der Waals surface area contributed by atoms with Gasteiger partial charge >= 0.3 is 0 Å². The van der Waals surface area contributed by atoms with Gasteiger partial charge < -0.3 is 9.84 Å². The SMILES string of the molecule is Cc1cccc(OCCC(O)c2ccc(F)cc2F)c1. The lowest BCUT2D eigenvalue weighted by Gasteiger charge is -2.13. The quantitative estimate of drug-likeness (QED) is 0.902. The fraction of sp³-hybridized carbons (Fsp3) is 0.250. The maximum absolute atomic E-state index is 13.5. The Morgan fingerprint density at radius 1 is 1.15 bits per heavy atom. The van der Waals surface area contributed by atoms with E-state index in [2.05, 4.69) is 0 Å². The van der Waals surface area contributed by atoms with Crippen LogP contribution in [0.3, 0.4) is 0 Å². The fourth-order valence-electron chi connectivity index (χ4n) is 1.92. The number of rotatable bonds is 5. The zero-order valence-corrected chi connectivity index (χ0v) is 11.1. The van der Waals surface area contributed by atoms with Crippen LogP contribution in [0.15, 0.2) is 42.5 Å². The summed E-state index contributed by atoms with van der Waals surface area (Å²) in [6, 6.07) is 10.7. The second-order valence-electron chi connectivity index (χ2n) is 4.64. The van der Waals surface area contributed by atoms with Crippen LogP contribution in [-0.2, 0) is 0 Å². The highest BCUT2D eigenvalue weighted by Gasteiger charge is 2.13. The van der Waals surface area contributed by atoms with E-state index in [0.29, 0.717) is 5.75 Å². The van der Waals surface area contributed by atoms with Gasteiger partial charge in [-0.15, -0.1) is 0 Å². The van der Waals surface area contributed by atoms with Crippen LogP contribution in [0.2, 0.25) is 0 Å². The molecule has 20 heavy (non-hydrogen) atoms. The monoisotopic (exact) mass is 278 g/mol. The lowest BCUT2D eigenvalue weighted by molar-refractivity contribution is 0.137. The van der Waals surface area contributed by atoms with Gasteiger partial charge in [-0.25, -0.2) is 8.78 Å². The van der Waals surface area contributed by atoms with Crippen LogP contribution >= 0.6 is 0 Å². The fourth-order valence-corrected chi connectivity index (χ4v) is 1.92. The molecule has 0 saturated heterocycles. The van der Waals surface area contributed by atoms with E-state index in [4.69, 9.17) is 4.74 Å². The third-order valence-electron chi connectivity index (χ3n) is 2.97. The lowest BCUT2D eigenvalue weighted by atomic mass is 10.1. The van der Waals surface area contributed by atoms with E-state index >= 15 is 0 Å². The van der Waals surface area contributed by atoms with E-state index in [-0.39, 0.29) is 18.6 Å². The topological polar surface area (TPSA) is 29.5 Å². The largest absolute Gasteiger partial charge is 0.493 e. The molecular weight excluding hydrogens is 262 g/mol. The highest BCUT2D eigenvalue weighted by Crippen LogP contribution is 2.21. The predicted molar refractivity (Wildman–Crippen MR) is 72.6 cm³/mol. The summed E-state index contributed by atoms with van der Waals surface area (Å²) in [5.74, 6) is -0.695. The summed E-state index contributed by atoms with van der Waals surface area (Å²) in [6.07, 6.45) is -0.781. The van der Waals surface area contributed by atoms with Gasteiger partial charge in [0.1, 0.15) is 17.4 Å². The van der Waals surface area contributed by atoms with Crippen molar-refractivity contribution in [1.82, 2.24) is 0 Å². The van der Waals surface area contributed by atoms with E-state index in [9.17, 15) is 13.9 Å². The minimum atomic E-state index is -1.01. The number of aryl methyl sites for hydroxylation is 1. The van der Waals surface area contributed by atoms with Crippen molar-refractivity contribution >= 4 is 0 Å². The number of hydrogen-bond donors (Lipinski definition) is 1. The molecule has 0 amide bonds. The van der Waals surface area contributed by atoms with Crippen LogP contribution < -0.4 is 4.74 Å². The molecule has 0 aromatic heterocycles. The van der Waals surface area contributed by atoms with Crippen molar-refractivity contribution in [2.24, 2.45) is 0 Å². The van der Waals surface area contributed by atoms with Crippen molar-refractivity contribution in [3.05, 3.63) is 65.2 Å². The molecule has 2 nitrogen and oxygen atoms in total. The maximum atomic E-state index is 13.5. The molecule has 0 aliphatic heterocycles. The van der Waals surface area contributed by atoms with Crippen LogP contribution in [0.25, 0.3) is 0 Å².